The topological polar surface area (TPSA) is 38.8 Å². The summed E-state index contributed by atoms with van der Waals surface area (Å²) in [5, 5.41) is 0.00658. The number of para-hydroxylation sites is 1. The molecule has 0 aliphatic carbocycles. The first-order chi connectivity index (χ1) is 20.9. The summed E-state index contributed by atoms with van der Waals surface area (Å²) in [6, 6.07) is 32.4. The van der Waals surface area contributed by atoms with Crippen LogP contribution in [-0.4, -0.2) is 14.2 Å². The third-order valence-electron chi connectivity index (χ3n) is 9.00. The van der Waals surface area contributed by atoms with E-state index in [1.807, 2.05) is 89.8 Å². The number of carbonyl (C=O) groups excluding carboxylic acids is 1. The van der Waals surface area contributed by atoms with Gasteiger partial charge in [-0.25, -0.2) is 4.39 Å². The highest BCUT2D eigenvalue weighted by Gasteiger charge is 2.50. The molecule has 1 saturated heterocycles. The normalized spacial score (nSPS) is 17.7. The van der Waals surface area contributed by atoms with Crippen LogP contribution in [0.4, 0.5) is 10.1 Å². The highest BCUT2D eigenvalue weighted by atomic mass is 79.9. The molecule has 1 amide bonds. The predicted octanol–water partition coefficient (Wildman–Crippen LogP) is 10.4. The minimum absolute atomic E-state index is 0.00658. The van der Waals surface area contributed by atoms with Gasteiger partial charge in [-0.3, -0.25) is 4.79 Å². The minimum atomic E-state index is -2.17. The van der Waals surface area contributed by atoms with Gasteiger partial charge in [-0.2, -0.15) is 0 Å². The molecule has 0 unspecified atom stereocenters. The maximum atomic E-state index is 13.9. The molecule has 0 spiro atoms. The summed E-state index contributed by atoms with van der Waals surface area (Å²) in [5.41, 5.74) is 3.85. The van der Waals surface area contributed by atoms with Gasteiger partial charge in [-0.15, -0.1) is 0 Å². The van der Waals surface area contributed by atoms with Crippen molar-refractivity contribution < 1.29 is 18.3 Å². The number of benzene rings is 4. The highest BCUT2D eigenvalue weighted by Crippen LogP contribution is 2.50. The van der Waals surface area contributed by atoms with Crippen molar-refractivity contribution in [3.05, 3.63) is 130 Å². The van der Waals surface area contributed by atoms with E-state index in [9.17, 15) is 9.18 Å². The molecule has 230 valence electrons. The monoisotopic (exact) mass is 673 g/mol. The molecule has 0 radical (unpaired) electrons. The average molecular weight is 675 g/mol. The van der Waals surface area contributed by atoms with Crippen molar-refractivity contribution in [3.63, 3.8) is 0 Å². The number of nitrogens with zero attached hydrogens (tertiary/aromatic N) is 1. The fraction of sp³-hybridized carbons (Fsp3) is 0.324. The zero-order valence-electron chi connectivity index (χ0n) is 26.1. The number of carbonyl (C=O) groups is 1. The Labute approximate surface area is 270 Å². The van der Waals surface area contributed by atoms with Crippen LogP contribution >= 0.6 is 15.9 Å². The summed E-state index contributed by atoms with van der Waals surface area (Å²) in [6.45, 7) is 11.5. The summed E-state index contributed by atoms with van der Waals surface area (Å²) in [5.74, 6) is 0.301. The lowest BCUT2D eigenvalue weighted by Gasteiger charge is -2.48. The molecule has 44 heavy (non-hydrogen) atoms. The highest BCUT2D eigenvalue weighted by molar-refractivity contribution is 9.10. The van der Waals surface area contributed by atoms with Crippen LogP contribution in [0.5, 0.6) is 5.75 Å². The second-order valence-electron chi connectivity index (χ2n) is 13.0. The van der Waals surface area contributed by atoms with E-state index in [1.54, 1.807) is 0 Å². The van der Waals surface area contributed by atoms with Crippen LogP contribution in [0.1, 0.15) is 62.4 Å². The Morgan fingerprint density at radius 2 is 1.55 bits per heavy atom. The second-order valence-corrected chi connectivity index (χ2v) is 18.7. The molecule has 0 saturated carbocycles. The zero-order valence-corrected chi connectivity index (χ0v) is 28.7. The molecule has 1 aliphatic rings. The van der Waals surface area contributed by atoms with Crippen molar-refractivity contribution in [2.45, 2.75) is 70.5 Å². The van der Waals surface area contributed by atoms with Gasteiger partial charge in [0.05, 0.1) is 18.1 Å². The molecule has 0 aromatic heterocycles. The quantitative estimate of drug-likeness (QED) is 0.117. The third kappa shape index (κ3) is 7.17. The number of anilines is 1. The third-order valence-corrected chi connectivity index (χ3v) is 14.0. The molecule has 1 aliphatic heterocycles. The maximum absolute atomic E-state index is 13.9. The summed E-state index contributed by atoms with van der Waals surface area (Å²) in [7, 11) is -2.17. The minimum Gasteiger partial charge on any atom is -0.489 e. The Balaban J connectivity index is 1.46. The molecule has 3 atom stereocenters. The van der Waals surface area contributed by atoms with Crippen molar-refractivity contribution in [2.24, 2.45) is 5.92 Å². The molecule has 0 N–H and O–H groups in total. The summed E-state index contributed by atoms with van der Waals surface area (Å²) >= 11 is 3.62. The van der Waals surface area contributed by atoms with Crippen LogP contribution in [0.3, 0.4) is 0 Å². The van der Waals surface area contributed by atoms with Crippen LogP contribution in [0.2, 0.25) is 18.1 Å². The Morgan fingerprint density at radius 3 is 2.18 bits per heavy atom. The number of ether oxygens (including phenoxy) is 1. The Hall–Kier alpha value is -3.26. The fourth-order valence-electron chi connectivity index (χ4n) is 5.51. The van der Waals surface area contributed by atoms with Gasteiger partial charge < -0.3 is 14.1 Å². The molecular formula is C37H41BrFNO3Si. The molecule has 4 nitrogen and oxygen atoms in total. The first-order valence-electron chi connectivity index (χ1n) is 15.2. The van der Waals surface area contributed by atoms with Crippen LogP contribution in [0, 0.1) is 11.7 Å². The molecular weight excluding hydrogens is 633 g/mol. The van der Waals surface area contributed by atoms with Crippen molar-refractivity contribution in [1.29, 1.82) is 0 Å². The molecule has 4 aromatic rings. The van der Waals surface area contributed by atoms with Crippen molar-refractivity contribution in [2.75, 3.05) is 4.90 Å². The van der Waals surface area contributed by atoms with Gasteiger partial charge in [0.2, 0.25) is 5.91 Å². The van der Waals surface area contributed by atoms with Gasteiger partial charge in [0.15, 0.2) is 8.32 Å². The van der Waals surface area contributed by atoms with E-state index in [0.29, 0.717) is 19.4 Å². The fourth-order valence-corrected chi connectivity index (χ4v) is 7.17. The first-order valence-corrected chi connectivity index (χ1v) is 18.9. The number of β-lactam (4-membered cyclic amide) rings is 1. The number of rotatable bonds is 11. The van der Waals surface area contributed by atoms with E-state index < -0.39 is 8.32 Å². The van der Waals surface area contributed by atoms with Crippen LogP contribution < -0.4 is 9.64 Å². The van der Waals surface area contributed by atoms with Crippen molar-refractivity contribution in [1.82, 2.24) is 0 Å². The number of hydrogen-bond acceptors (Lipinski definition) is 3. The first kappa shape index (κ1) is 32.1. The Kier molecular flexibility index (Phi) is 9.78. The van der Waals surface area contributed by atoms with E-state index in [1.165, 1.54) is 12.1 Å². The van der Waals surface area contributed by atoms with Gasteiger partial charge in [0.1, 0.15) is 18.2 Å². The molecule has 1 fully saturated rings. The SMILES string of the molecule is CC(C)(C)[Si](C)(C)O[C@@H](CC[C@H]1C(=O)N(c2ccccc2)[C@@H]1c1ccc(Br)cc1OCc1ccccc1)c1ccc(F)cc1. The average Bonchev–Trinajstić information content (AvgIpc) is 2.99. The lowest BCUT2D eigenvalue weighted by Crippen LogP contribution is -2.55. The number of amides is 1. The van der Waals surface area contributed by atoms with Gasteiger partial charge >= 0.3 is 0 Å². The Morgan fingerprint density at radius 1 is 0.909 bits per heavy atom. The summed E-state index contributed by atoms with van der Waals surface area (Å²) < 4.78 is 28.1. The predicted molar refractivity (Wildman–Crippen MR) is 182 cm³/mol. The smallest absolute Gasteiger partial charge is 0.233 e. The van der Waals surface area contributed by atoms with E-state index in [4.69, 9.17) is 9.16 Å². The van der Waals surface area contributed by atoms with Crippen LogP contribution in [-0.2, 0) is 15.8 Å². The van der Waals surface area contributed by atoms with E-state index >= 15 is 0 Å². The van der Waals surface area contributed by atoms with Gasteiger partial charge in [-0.1, -0.05) is 103 Å². The summed E-state index contributed by atoms with van der Waals surface area (Å²) in [4.78, 5) is 15.8. The van der Waals surface area contributed by atoms with E-state index in [0.717, 1.165) is 32.6 Å². The largest absolute Gasteiger partial charge is 0.489 e. The zero-order chi connectivity index (χ0) is 31.5. The summed E-state index contributed by atoms with van der Waals surface area (Å²) in [6.07, 6.45) is 1.02. The van der Waals surface area contributed by atoms with Crippen LogP contribution in [0.25, 0.3) is 0 Å². The maximum Gasteiger partial charge on any atom is 0.233 e. The number of halogens is 2. The molecule has 1 heterocycles. The van der Waals surface area contributed by atoms with Crippen molar-refractivity contribution >= 4 is 35.8 Å². The standard InChI is InChI=1S/C37H41BrFNO3Si/c1-37(2,3)44(4,5)43-33(27-16-19-29(39)20-17-27)23-22-32-35(40(36(32)41)30-14-10-7-11-15-30)31-21-18-28(38)24-34(31)42-25-26-12-8-6-9-13-26/h6-21,24,32-33,35H,22-23,25H2,1-5H3/t32-,33+,35-/m1/s1. The van der Waals surface area contributed by atoms with E-state index in [2.05, 4.69) is 55.9 Å². The van der Waals surface area contributed by atoms with Gasteiger partial charge in [0, 0.05) is 15.7 Å². The molecule has 0 bridgehead atoms. The molecule has 5 rings (SSSR count). The van der Waals surface area contributed by atoms with Gasteiger partial charge in [-0.05, 0) is 78.5 Å². The molecule has 7 heteroatoms. The lowest BCUT2D eigenvalue weighted by atomic mass is 9.78. The van der Waals surface area contributed by atoms with Gasteiger partial charge in [0.25, 0.3) is 0 Å². The van der Waals surface area contributed by atoms with Crippen LogP contribution in [0.15, 0.2) is 108 Å². The van der Waals surface area contributed by atoms with Crippen molar-refractivity contribution in [3.8, 4) is 5.75 Å². The lowest BCUT2D eigenvalue weighted by molar-refractivity contribution is -0.131. The second kappa shape index (κ2) is 13.4. The Bertz CT molecular complexity index is 1560. The number of hydrogen-bond donors (Lipinski definition) is 0. The van der Waals surface area contributed by atoms with E-state index in [-0.39, 0.29) is 34.8 Å². The molecule has 4 aromatic carbocycles.